The van der Waals surface area contributed by atoms with E-state index >= 15 is 0 Å². The quantitative estimate of drug-likeness (QED) is 0.0499. The number of hydrogen-bond acceptors (Lipinski definition) is 2. The lowest BCUT2D eigenvalue weighted by Gasteiger charge is -2.37. The first-order valence-electron chi connectivity index (χ1n) is 43.9. The molecule has 6 heteroatoms. The predicted molar refractivity (Wildman–Crippen MR) is 390 cm³/mol. The van der Waals surface area contributed by atoms with Crippen molar-refractivity contribution in [3.8, 4) is 73.2 Å². The highest BCUT2D eigenvalue weighted by Crippen LogP contribution is 2.39. The number of aromatic nitrogens is 4. The molecule has 3 heterocycles. The Hall–Kier alpha value is -10.9. The van der Waals surface area contributed by atoms with Crippen LogP contribution in [0.15, 0.2) is 309 Å². The molecule has 93 heavy (non-hydrogen) atoms. The third-order valence-electron chi connectivity index (χ3n) is 16.8. The number of para-hydroxylation sites is 1. The third-order valence-corrected chi connectivity index (χ3v) is 21.0. The van der Waals surface area contributed by atoms with E-state index in [-0.39, 0.29) is 67.3 Å². The monoisotopic (exact) mass is 1240 g/mol. The maximum atomic E-state index is 10.3. The van der Waals surface area contributed by atoms with Gasteiger partial charge >= 0.3 is 0 Å². The highest BCUT2D eigenvalue weighted by Gasteiger charge is 2.44. The molecular formula is C87H72N4OSi. The fourth-order valence-electron chi connectivity index (χ4n) is 12.2. The Balaban J connectivity index is 1.09. The van der Waals surface area contributed by atoms with Crippen molar-refractivity contribution in [3.05, 3.63) is 332 Å². The number of pyridine rings is 1. The molecule has 0 saturated heterocycles. The Kier molecular flexibility index (Phi) is 8.93. The van der Waals surface area contributed by atoms with Gasteiger partial charge in [-0.05, 0) is 149 Å². The van der Waals surface area contributed by atoms with E-state index in [4.69, 9.17) is 26.2 Å². The molecule has 12 aromatic carbocycles. The molecule has 0 spiro atoms. The van der Waals surface area contributed by atoms with Gasteiger partial charge in [0.15, 0.2) is 8.07 Å². The lowest BCUT2D eigenvalue weighted by Crippen LogP contribution is -2.76. The normalized spacial score (nSPS) is 16.4. The van der Waals surface area contributed by atoms with Gasteiger partial charge < -0.3 is 4.74 Å². The van der Waals surface area contributed by atoms with Gasteiger partial charge in [0.2, 0.25) is 0 Å². The molecule has 0 unspecified atom stereocenters. The molecule has 5 nitrogen and oxygen atoms in total. The SMILES string of the molecule is [2H]c1c([2H])c([2H])c(-c2cc(-c3cccc(C(C)(C)C)c3)c(-[n+]3[c-]n(-c4cccc(Oc5ccc6c7ccccc7n(-c7cc(C([2H])([2H])[2H])c(-c8c([2H])c([2H])c([2H])c([2H])c8[2H])cn7)c6c5)c4)c4cc(-c5ccc(C(C)(C)C)cc5)ccc43)c([Si](c3c([2H])c([2H])c([2H])c([2H])c3[2H])(c3c([2H])c([2H])c([2H])c([2H])c3[2H])c3c([2H])c([2H])c([2H])c([2H])c3[2H])c2)c([2H])c1[2H]. The standard InChI is InChI=1S/C87H72N4OSi/c1-60-51-84(88-58-78(60)63-29-15-9-16-30-63)91-79-42-24-23-41-75(79)76-49-48-71(57-81(76)91)92-70-34-26-33-69(56-70)89-59-90(80-50-45-64(54-82(80)89)62-43-46-67(47-44-62)86(2,3)4)85-77(65-31-25-32-68(52-65)87(5,6)7)53-66(61-27-13-8-14-28-61)55-83(85)93(72-35-17-10-18-36-72,73-37-19-11-20-38-73)74-39-21-12-22-40-74/h8-58H,1-7H3/i1D3,8D,9D,10D,11D,12D,13D,14D,15D,16D,17D,18D,19D,20D,21D,22D,27D,28D,29D,30D,35D,36D,37D,38D,39D,40D. The summed E-state index contributed by atoms with van der Waals surface area (Å²) in [7, 11) is -6.37. The molecular weight excluding hydrogens is 1150 g/mol. The first-order chi connectivity index (χ1) is 56.8. The molecule has 0 amide bonds. The van der Waals surface area contributed by atoms with Gasteiger partial charge in [0.25, 0.3) is 6.33 Å². The second-order valence-electron chi connectivity index (χ2n) is 24.5. The molecule has 3 aromatic heterocycles. The van der Waals surface area contributed by atoms with Crippen LogP contribution in [0.3, 0.4) is 0 Å². The van der Waals surface area contributed by atoms with Crippen LogP contribution in [0.1, 0.15) is 96.6 Å². The average molecular weight is 1250 g/mol. The predicted octanol–water partition coefficient (Wildman–Crippen LogP) is 18.9. The van der Waals surface area contributed by atoms with E-state index in [2.05, 4.69) is 27.1 Å². The molecule has 0 aliphatic rings. The number of nitrogens with zero attached hydrogens (tertiary/aromatic N) is 4. The van der Waals surface area contributed by atoms with Crippen LogP contribution >= 0.6 is 0 Å². The highest BCUT2D eigenvalue weighted by atomic mass is 28.3. The van der Waals surface area contributed by atoms with Crippen LogP contribution in [0.5, 0.6) is 11.5 Å². The number of fused-ring (bicyclic) bond motifs is 4. The van der Waals surface area contributed by atoms with E-state index in [1.165, 1.54) is 29.0 Å². The van der Waals surface area contributed by atoms with E-state index in [0.29, 0.717) is 38.8 Å². The molecule has 0 bridgehead atoms. The van der Waals surface area contributed by atoms with Gasteiger partial charge in [-0.25, -0.2) is 4.98 Å². The number of ether oxygens (including phenoxy) is 1. The maximum Gasteiger partial charge on any atom is 0.269 e. The number of aryl methyl sites for hydroxylation is 1. The van der Waals surface area contributed by atoms with Crippen LogP contribution in [-0.2, 0) is 10.8 Å². The first kappa shape index (κ1) is 35.0. The molecule has 15 rings (SSSR count). The summed E-state index contributed by atoms with van der Waals surface area (Å²) in [5.74, 6) is 0.518. The molecule has 0 atom stereocenters. The lowest BCUT2D eigenvalue weighted by molar-refractivity contribution is -0.570. The number of imidazole rings is 1. The summed E-state index contributed by atoms with van der Waals surface area (Å²) in [5.41, 5.74) is 2.33. The van der Waals surface area contributed by atoms with E-state index in [9.17, 15) is 21.9 Å². The smallest absolute Gasteiger partial charge is 0.269 e. The summed E-state index contributed by atoms with van der Waals surface area (Å²) in [6.07, 6.45) is 4.77. The molecule has 450 valence electrons. The first-order valence-corrected chi connectivity index (χ1v) is 31.9. The second kappa shape index (κ2) is 23.7. The van der Waals surface area contributed by atoms with E-state index < -0.39 is 198 Å². The molecule has 0 aliphatic carbocycles. The van der Waals surface area contributed by atoms with Gasteiger partial charge in [0.1, 0.15) is 17.3 Å². The zero-order valence-corrected chi connectivity index (χ0v) is 52.2. The van der Waals surface area contributed by atoms with Gasteiger partial charge in [-0.3, -0.25) is 13.7 Å². The van der Waals surface area contributed by atoms with Crippen LogP contribution < -0.4 is 30.1 Å². The maximum absolute atomic E-state index is 10.3. The molecule has 0 N–H and O–H groups in total. The van der Waals surface area contributed by atoms with E-state index in [0.717, 1.165) is 16.5 Å². The Morgan fingerprint density at radius 3 is 1.71 bits per heavy atom. The zero-order chi connectivity index (χ0) is 87.7. The minimum Gasteiger partial charge on any atom is -0.458 e. The largest absolute Gasteiger partial charge is 0.458 e. The summed E-state index contributed by atoms with van der Waals surface area (Å²) < 4.78 is 274. The van der Waals surface area contributed by atoms with Crippen molar-refractivity contribution in [3.63, 3.8) is 0 Å². The minimum atomic E-state index is -6.37. The third kappa shape index (κ3) is 10.8. The lowest BCUT2D eigenvalue weighted by atomic mass is 9.85. The van der Waals surface area contributed by atoms with Crippen LogP contribution in [0.2, 0.25) is 0 Å². The van der Waals surface area contributed by atoms with Crippen molar-refractivity contribution < 1.29 is 47.7 Å². The van der Waals surface area contributed by atoms with Crippen molar-refractivity contribution in [2.45, 2.75) is 59.2 Å². The van der Waals surface area contributed by atoms with Crippen LogP contribution in [0, 0.1) is 13.2 Å². The van der Waals surface area contributed by atoms with Crippen molar-refractivity contribution in [1.29, 1.82) is 0 Å². The molecule has 0 radical (unpaired) electrons. The Morgan fingerprint density at radius 2 is 1.05 bits per heavy atom. The van der Waals surface area contributed by atoms with E-state index in [1.54, 1.807) is 81.9 Å². The zero-order valence-electron chi connectivity index (χ0n) is 79.2. The molecule has 15 aromatic rings. The summed E-state index contributed by atoms with van der Waals surface area (Å²) >= 11 is 0. The molecule has 0 aliphatic heterocycles. The number of hydrogen-bond donors (Lipinski definition) is 0. The van der Waals surface area contributed by atoms with E-state index in [1.807, 2.05) is 81.4 Å². The minimum absolute atomic E-state index is 0.00349. The average Bonchev–Trinajstić information content (AvgIpc) is 0.823. The summed E-state index contributed by atoms with van der Waals surface area (Å²) in [4.78, 5) is 4.75. The van der Waals surface area contributed by atoms with Crippen molar-refractivity contribution in [2.75, 3.05) is 0 Å². The van der Waals surface area contributed by atoms with Gasteiger partial charge in [-0.1, -0.05) is 284 Å². The number of rotatable bonds is 13. The van der Waals surface area contributed by atoms with Crippen molar-refractivity contribution in [2.24, 2.45) is 0 Å². The summed E-state index contributed by atoms with van der Waals surface area (Å²) in [5, 5.41) is -1.70. The van der Waals surface area contributed by atoms with Crippen molar-refractivity contribution >= 4 is 61.7 Å². The van der Waals surface area contributed by atoms with Gasteiger partial charge in [-0.15, -0.1) is 0 Å². The molecule has 0 saturated carbocycles. The van der Waals surface area contributed by atoms with Crippen LogP contribution in [0.4, 0.5) is 0 Å². The Labute approximate surface area is 586 Å². The summed E-state index contributed by atoms with van der Waals surface area (Å²) in [6, 6.07) is 20.6. The Bertz CT molecular complexity index is 6650. The van der Waals surface area contributed by atoms with Crippen molar-refractivity contribution in [1.82, 2.24) is 14.1 Å². The highest BCUT2D eigenvalue weighted by molar-refractivity contribution is 7.20. The van der Waals surface area contributed by atoms with Gasteiger partial charge in [0, 0.05) is 32.7 Å². The fourth-order valence-corrected chi connectivity index (χ4v) is 16.2. The van der Waals surface area contributed by atoms with Gasteiger partial charge in [0.05, 0.1) is 67.7 Å². The second-order valence-corrected chi connectivity index (χ2v) is 28.1. The van der Waals surface area contributed by atoms with Crippen LogP contribution in [0.25, 0.3) is 94.5 Å². The molecule has 0 fully saturated rings. The Morgan fingerprint density at radius 1 is 0.452 bits per heavy atom. The fraction of sp³-hybridized carbons (Fsp3) is 0.103. The number of benzene rings is 12. The summed E-state index contributed by atoms with van der Waals surface area (Å²) in [6.45, 7) is 9.12. The van der Waals surface area contributed by atoms with Gasteiger partial charge in [-0.2, -0.15) is 0 Å². The topological polar surface area (TPSA) is 35.9 Å². The van der Waals surface area contributed by atoms with Crippen LogP contribution in [-0.4, -0.2) is 22.2 Å².